The van der Waals surface area contributed by atoms with Crippen LogP contribution in [0, 0.1) is 17.8 Å². The number of carbonyl (C=O) groups excluding carboxylic acids is 2. The van der Waals surface area contributed by atoms with Crippen LogP contribution in [0.15, 0.2) is 18.2 Å². The molecule has 1 aromatic rings. The molecule has 174 valence electrons. The molecule has 1 saturated carbocycles. The SMILES string of the molecule is CC1CC(OCc2ccc(Cl)c(Cl)c2)[C@@H](C(=O)OC(C)(C)C)C1CC(=O)OC(C)(C)C. The Hall–Kier alpha value is -1.30. The summed E-state index contributed by atoms with van der Waals surface area (Å²) in [6.45, 7) is 13.3. The minimum absolute atomic E-state index is 0.101. The summed E-state index contributed by atoms with van der Waals surface area (Å²) >= 11 is 12.1. The van der Waals surface area contributed by atoms with Gasteiger partial charge in [0.2, 0.25) is 0 Å². The summed E-state index contributed by atoms with van der Waals surface area (Å²) in [5.41, 5.74) is -0.349. The summed E-state index contributed by atoms with van der Waals surface area (Å²) in [6, 6.07) is 5.31. The molecule has 3 unspecified atom stereocenters. The first-order valence-corrected chi connectivity index (χ1v) is 11.4. The Balaban J connectivity index is 2.19. The Morgan fingerprint density at radius 2 is 1.61 bits per heavy atom. The van der Waals surface area contributed by atoms with E-state index in [0.717, 1.165) is 5.56 Å². The lowest BCUT2D eigenvalue weighted by Gasteiger charge is -2.29. The fraction of sp³-hybridized carbons (Fsp3) is 0.667. The lowest BCUT2D eigenvalue weighted by molar-refractivity contribution is -0.168. The second-order valence-electron chi connectivity index (χ2n) is 10.3. The average Bonchev–Trinajstić information content (AvgIpc) is 2.88. The predicted octanol–water partition coefficient (Wildman–Crippen LogP) is 6.22. The number of rotatable bonds is 6. The lowest BCUT2D eigenvalue weighted by atomic mass is 9.86. The Labute approximate surface area is 195 Å². The number of esters is 2. The molecule has 1 aromatic carbocycles. The highest BCUT2D eigenvalue weighted by atomic mass is 35.5. The van der Waals surface area contributed by atoms with Crippen LogP contribution in [0.5, 0.6) is 0 Å². The van der Waals surface area contributed by atoms with E-state index in [1.165, 1.54) is 0 Å². The highest BCUT2D eigenvalue weighted by Gasteiger charge is 2.48. The minimum atomic E-state index is -0.631. The van der Waals surface area contributed by atoms with E-state index in [2.05, 4.69) is 0 Å². The van der Waals surface area contributed by atoms with Crippen molar-refractivity contribution in [3.05, 3.63) is 33.8 Å². The van der Waals surface area contributed by atoms with Crippen LogP contribution >= 0.6 is 23.2 Å². The van der Waals surface area contributed by atoms with Crippen molar-refractivity contribution in [3.63, 3.8) is 0 Å². The number of hydrogen-bond acceptors (Lipinski definition) is 5. The van der Waals surface area contributed by atoms with Crippen molar-refractivity contribution < 1.29 is 23.8 Å². The van der Waals surface area contributed by atoms with E-state index in [-0.39, 0.29) is 42.9 Å². The fourth-order valence-corrected chi connectivity index (χ4v) is 4.24. The molecule has 31 heavy (non-hydrogen) atoms. The minimum Gasteiger partial charge on any atom is -0.460 e. The van der Waals surface area contributed by atoms with Crippen LogP contribution in [-0.2, 0) is 30.4 Å². The molecule has 0 N–H and O–H groups in total. The summed E-state index contributed by atoms with van der Waals surface area (Å²) < 4.78 is 17.4. The van der Waals surface area contributed by atoms with Gasteiger partial charge in [0.05, 0.1) is 28.7 Å². The van der Waals surface area contributed by atoms with Crippen molar-refractivity contribution >= 4 is 35.1 Å². The van der Waals surface area contributed by atoms with Crippen molar-refractivity contribution in [1.82, 2.24) is 0 Å². The predicted molar refractivity (Wildman–Crippen MR) is 122 cm³/mol. The summed E-state index contributed by atoms with van der Waals surface area (Å²) in [5.74, 6) is -1.33. The zero-order valence-electron chi connectivity index (χ0n) is 19.5. The van der Waals surface area contributed by atoms with E-state index in [1.807, 2.05) is 54.5 Å². The number of ether oxygens (including phenoxy) is 3. The molecule has 5 nitrogen and oxygen atoms in total. The Morgan fingerprint density at radius 3 is 2.16 bits per heavy atom. The Kier molecular flexibility index (Phi) is 8.45. The van der Waals surface area contributed by atoms with Gasteiger partial charge in [-0.05, 0) is 77.5 Å². The van der Waals surface area contributed by atoms with Crippen molar-refractivity contribution in [1.29, 1.82) is 0 Å². The Bertz CT molecular complexity index is 794. The molecular formula is C24H34Cl2O5. The maximum atomic E-state index is 13.1. The average molecular weight is 473 g/mol. The summed E-state index contributed by atoms with van der Waals surface area (Å²) in [7, 11) is 0. The van der Waals surface area contributed by atoms with E-state index in [4.69, 9.17) is 37.4 Å². The summed E-state index contributed by atoms with van der Waals surface area (Å²) in [6.07, 6.45) is 0.431. The molecule has 7 heteroatoms. The van der Waals surface area contributed by atoms with Gasteiger partial charge in [-0.1, -0.05) is 36.2 Å². The molecule has 1 aliphatic rings. The molecule has 0 saturated heterocycles. The van der Waals surface area contributed by atoms with Crippen molar-refractivity contribution in [2.45, 2.75) is 85.2 Å². The van der Waals surface area contributed by atoms with Crippen LogP contribution < -0.4 is 0 Å². The molecular weight excluding hydrogens is 439 g/mol. The number of benzene rings is 1. The second-order valence-corrected chi connectivity index (χ2v) is 11.1. The molecule has 1 aliphatic carbocycles. The summed E-state index contributed by atoms with van der Waals surface area (Å²) in [4.78, 5) is 25.6. The largest absolute Gasteiger partial charge is 0.460 e. The molecule has 1 fully saturated rings. The topological polar surface area (TPSA) is 61.8 Å². The van der Waals surface area contributed by atoms with Gasteiger partial charge in [-0.25, -0.2) is 0 Å². The van der Waals surface area contributed by atoms with E-state index >= 15 is 0 Å². The summed E-state index contributed by atoms with van der Waals surface area (Å²) in [5, 5.41) is 0.929. The van der Waals surface area contributed by atoms with E-state index < -0.39 is 17.1 Å². The van der Waals surface area contributed by atoms with Gasteiger partial charge in [0.15, 0.2) is 0 Å². The normalized spacial score (nSPS) is 24.2. The van der Waals surface area contributed by atoms with Crippen molar-refractivity contribution in [3.8, 4) is 0 Å². The molecule has 0 aliphatic heterocycles. The molecule has 0 spiro atoms. The highest BCUT2D eigenvalue weighted by Crippen LogP contribution is 2.43. The number of halogens is 2. The maximum absolute atomic E-state index is 13.1. The third-order valence-corrected chi connectivity index (χ3v) is 5.89. The van der Waals surface area contributed by atoms with Crippen molar-refractivity contribution in [2.24, 2.45) is 17.8 Å². The smallest absolute Gasteiger partial charge is 0.312 e. The van der Waals surface area contributed by atoms with E-state index in [1.54, 1.807) is 12.1 Å². The van der Waals surface area contributed by atoms with Gasteiger partial charge in [0.25, 0.3) is 0 Å². The fourth-order valence-electron chi connectivity index (χ4n) is 3.92. The molecule has 0 heterocycles. The zero-order chi connectivity index (χ0) is 23.6. The molecule has 2 rings (SSSR count). The van der Waals surface area contributed by atoms with Gasteiger partial charge in [-0.2, -0.15) is 0 Å². The molecule has 0 radical (unpaired) electrons. The number of hydrogen-bond donors (Lipinski definition) is 0. The molecule has 0 aromatic heterocycles. The first kappa shape index (κ1) is 26.0. The molecule has 0 bridgehead atoms. The van der Waals surface area contributed by atoms with E-state index in [9.17, 15) is 9.59 Å². The van der Waals surface area contributed by atoms with E-state index in [0.29, 0.717) is 16.5 Å². The second kappa shape index (κ2) is 10.1. The third kappa shape index (κ3) is 7.96. The van der Waals surface area contributed by atoms with Crippen LogP contribution in [-0.4, -0.2) is 29.2 Å². The van der Waals surface area contributed by atoms with Gasteiger partial charge in [0, 0.05) is 6.42 Å². The Morgan fingerprint density at radius 1 is 1.00 bits per heavy atom. The van der Waals surface area contributed by atoms with Crippen LogP contribution in [0.2, 0.25) is 10.0 Å². The van der Waals surface area contributed by atoms with Gasteiger partial charge >= 0.3 is 11.9 Å². The first-order chi connectivity index (χ1) is 14.2. The maximum Gasteiger partial charge on any atom is 0.312 e. The van der Waals surface area contributed by atoms with Crippen molar-refractivity contribution in [2.75, 3.05) is 0 Å². The number of carbonyl (C=O) groups is 2. The standard InChI is InChI=1S/C24H34Cl2O5/c1-14-10-19(29-13-15-8-9-17(25)18(26)11-15)21(22(28)31-24(5,6)7)16(14)12-20(27)30-23(2,3)4/h8-9,11,14,16,19,21H,10,12-13H2,1-7H3/t14?,16?,19?,21-/m0/s1. The molecule has 4 atom stereocenters. The third-order valence-electron chi connectivity index (χ3n) is 5.15. The first-order valence-electron chi connectivity index (χ1n) is 10.7. The van der Waals surface area contributed by atoms with Gasteiger partial charge in [0.1, 0.15) is 11.2 Å². The van der Waals surface area contributed by atoms with Gasteiger partial charge in [-0.3, -0.25) is 9.59 Å². The van der Waals surface area contributed by atoms with Gasteiger partial charge in [-0.15, -0.1) is 0 Å². The highest BCUT2D eigenvalue weighted by molar-refractivity contribution is 6.42. The van der Waals surface area contributed by atoms with Crippen LogP contribution in [0.1, 0.15) is 66.9 Å². The monoisotopic (exact) mass is 472 g/mol. The van der Waals surface area contributed by atoms with Crippen LogP contribution in [0.4, 0.5) is 0 Å². The zero-order valence-corrected chi connectivity index (χ0v) is 21.0. The lowest BCUT2D eigenvalue weighted by Crippen LogP contribution is -2.38. The van der Waals surface area contributed by atoms with Crippen LogP contribution in [0.3, 0.4) is 0 Å². The molecule has 0 amide bonds. The van der Waals surface area contributed by atoms with Gasteiger partial charge < -0.3 is 14.2 Å². The quantitative estimate of drug-likeness (QED) is 0.459. The van der Waals surface area contributed by atoms with Crippen LogP contribution in [0.25, 0.3) is 0 Å².